The van der Waals surface area contributed by atoms with E-state index in [1.165, 1.54) is 18.7 Å². The Morgan fingerprint density at radius 3 is 3.11 bits per heavy atom. The third-order valence-electron chi connectivity index (χ3n) is 3.73. The van der Waals surface area contributed by atoms with Gasteiger partial charge in [0.05, 0.1) is 6.10 Å². The van der Waals surface area contributed by atoms with Gasteiger partial charge in [-0.1, -0.05) is 6.92 Å². The minimum Gasteiger partial charge on any atom is -0.377 e. The Balaban J connectivity index is 1.59. The average molecular weight is 251 g/mol. The molecule has 0 aromatic carbocycles. The van der Waals surface area contributed by atoms with Gasteiger partial charge >= 0.3 is 0 Å². The molecule has 0 radical (unpaired) electrons. The molecule has 0 spiro atoms. The molecule has 0 bridgehead atoms. The molecule has 18 heavy (non-hydrogen) atoms. The second-order valence-electron chi connectivity index (χ2n) is 5.02. The fraction of sp³-hybridized carbons (Fsp3) is 0.786. The highest BCUT2D eigenvalue weighted by Crippen LogP contribution is 2.12. The number of ether oxygens (including phenoxy) is 1. The number of aryl methyl sites for hydroxylation is 2. The van der Waals surface area contributed by atoms with Gasteiger partial charge in [0.1, 0.15) is 5.82 Å². The number of unbranched alkanes of at least 4 members (excludes halogenated alkanes) is 1. The molecule has 1 N–H and O–H groups in total. The zero-order valence-electron chi connectivity index (χ0n) is 11.6. The third kappa shape index (κ3) is 3.56. The number of imidazole rings is 1. The molecule has 0 aliphatic carbocycles. The molecule has 1 aromatic rings. The van der Waals surface area contributed by atoms with Crippen molar-refractivity contribution in [2.75, 3.05) is 13.2 Å². The predicted molar refractivity (Wildman–Crippen MR) is 72.7 cm³/mol. The number of rotatable bonds is 7. The van der Waals surface area contributed by atoms with Gasteiger partial charge in [-0.3, -0.25) is 0 Å². The van der Waals surface area contributed by atoms with Crippen LogP contribution in [0.4, 0.5) is 0 Å². The molecule has 0 saturated carbocycles. The molecule has 1 aliphatic heterocycles. The van der Waals surface area contributed by atoms with Crippen molar-refractivity contribution >= 4 is 0 Å². The summed E-state index contributed by atoms with van der Waals surface area (Å²) in [6.45, 7) is 7.40. The van der Waals surface area contributed by atoms with E-state index in [0.29, 0.717) is 12.1 Å². The first-order valence-corrected chi connectivity index (χ1v) is 7.16. The van der Waals surface area contributed by atoms with Crippen molar-refractivity contribution in [1.29, 1.82) is 0 Å². The minimum atomic E-state index is 0.380. The molecule has 0 amide bonds. The second kappa shape index (κ2) is 6.90. The molecule has 2 heterocycles. The highest BCUT2D eigenvalue weighted by molar-refractivity contribution is 4.91. The van der Waals surface area contributed by atoms with Gasteiger partial charge in [0.15, 0.2) is 0 Å². The maximum Gasteiger partial charge on any atom is 0.108 e. The summed E-state index contributed by atoms with van der Waals surface area (Å²) >= 11 is 0. The smallest absolute Gasteiger partial charge is 0.108 e. The van der Waals surface area contributed by atoms with E-state index in [0.717, 1.165) is 32.5 Å². The minimum absolute atomic E-state index is 0.380. The van der Waals surface area contributed by atoms with Crippen molar-refractivity contribution in [2.24, 2.45) is 0 Å². The van der Waals surface area contributed by atoms with E-state index in [1.54, 1.807) is 0 Å². The largest absolute Gasteiger partial charge is 0.377 e. The maximum absolute atomic E-state index is 5.54. The number of nitrogens with one attached hydrogen (secondary N) is 1. The Morgan fingerprint density at radius 1 is 1.50 bits per heavy atom. The maximum atomic E-state index is 5.54. The van der Waals surface area contributed by atoms with E-state index < -0.39 is 0 Å². The van der Waals surface area contributed by atoms with Gasteiger partial charge in [0, 0.05) is 38.0 Å². The lowest BCUT2D eigenvalue weighted by atomic mass is 10.1. The van der Waals surface area contributed by atoms with Crippen LogP contribution in [0.5, 0.6) is 0 Å². The van der Waals surface area contributed by atoms with E-state index in [1.807, 2.05) is 6.20 Å². The Hall–Kier alpha value is -0.870. The number of nitrogens with zero attached hydrogens (tertiary/aromatic N) is 2. The summed E-state index contributed by atoms with van der Waals surface area (Å²) in [4.78, 5) is 4.34. The highest BCUT2D eigenvalue weighted by Gasteiger charge is 2.22. The number of aromatic nitrogens is 2. The lowest BCUT2D eigenvalue weighted by molar-refractivity contribution is 0.113. The van der Waals surface area contributed by atoms with Gasteiger partial charge in [-0.25, -0.2) is 4.98 Å². The van der Waals surface area contributed by atoms with Crippen LogP contribution in [0.2, 0.25) is 0 Å². The Morgan fingerprint density at radius 2 is 2.39 bits per heavy atom. The summed E-state index contributed by atoms with van der Waals surface area (Å²) in [7, 11) is 0. The second-order valence-corrected chi connectivity index (χ2v) is 5.02. The summed E-state index contributed by atoms with van der Waals surface area (Å²) in [5.74, 6) is 1.20. The van der Waals surface area contributed by atoms with Gasteiger partial charge in [0.25, 0.3) is 0 Å². The van der Waals surface area contributed by atoms with E-state index in [9.17, 15) is 0 Å². The lowest BCUT2D eigenvalue weighted by Gasteiger charge is -2.15. The van der Waals surface area contributed by atoms with E-state index in [-0.39, 0.29) is 0 Å². The SMILES string of the molecule is CCc1nccn1CCCCNC1CCOC1C. The average Bonchev–Trinajstić information content (AvgIpc) is 2.98. The van der Waals surface area contributed by atoms with Gasteiger partial charge < -0.3 is 14.6 Å². The van der Waals surface area contributed by atoms with Crippen LogP contribution in [0.15, 0.2) is 12.4 Å². The molecule has 4 heteroatoms. The van der Waals surface area contributed by atoms with Crippen LogP contribution in [-0.4, -0.2) is 34.8 Å². The van der Waals surface area contributed by atoms with E-state index >= 15 is 0 Å². The van der Waals surface area contributed by atoms with Crippen LogP contribution in [0.1, 0.15) is 38.9 Å². The molecule has 2 unspecified atom stereocenters. The summed E-state index contributed by atoms with van der Waals surface area (Å²) in [5, 5.41) is 3.59. The van der Waals surface area contributed by atoms with Gasteiger partial charge in [-0.15, -0.1) is 0 Å². The van der Waals surface area contributed by atoms with Crippen molar-refractivity contribution in [3.8, 4) is 0 Å². The molecule has 2 atom stereocenters. The lowest BCUT2D eigenvalue weighted by Crippen LogP contribution is -2.35. The summed E-state index contributed by atoms with van der Waals surface area (Å²) in [6, 6.07) is 0.560. The van der Waals surface area contributed by atoms with Gasteiger partial charge in [-0.2, -0.15) is 0 Å². The molecule has 102 valence electrons. The molecular weight excluding hydrogens is 226 g/mol. The van der Waals surface area contributed by atoms with Crippen molar-refractivity contribution in [3.05, 3.63) is 18.2 Å². The van der Waals surface area contributed by atoms with Crippen LogP contribution < -0.4 is 5.32 Å². The fourth-order valence-corrected chi connectivity index (χ4v) is 2.55. The molecular formula is C14H25N3O. The topological polar surface area (TPSA) is 39.1 Å². The van der Waals surface area contributed by atoms with Crippen LogP contribution in [0.3, 0.4) is 0 Å². The quantitative estimate of drug-likeness (QED) is 0.753. The van der Waals surface area contributed by atoms with Crippen molar-refractivity contribution in [2.45, 2.75) is 58.2 Å². The molecule has 1 aromatic heterocycles. The zero-order valence-corrected chi connectivity index (χ0v) is 11.6. The Labute approximate surface area is 110 Å². The summed E-state index contributed by atoms with van der Waals surface area (Å²) < 4.78 is 7.80. The Bertz CT molecular complexity index is 351. The van der Waals surface area contributed by atoms with E-state index in [2.05, 4.69) is 34.9 Å². The normalized spacial score (nSPS) is 23.7. The van der Waals surface area contributed by atoms with Crippen LogP contribution in [-0.2, 0) is 17.7 Å². The molecule has 1 fully saturated rings. The van der Waals surface area contributed by atoms with Gasteiger partial charge in [0.2, 0.25) is 0 Å². The zero-order chi connectivity index (χ0) is 12.8. The van der Waals surface area contributed by atoms with Crippen LogP contribution >= 0.6 is 0 Å². The predicted octanol–water partition coefficient (Wildman–Crippen LogP) is 1.99. The van der Waals surface area contributed by atoms with Crippen LogP contribution in [0.25, 0.3) is 0 Å². The van der Waals surface area contributed by atoms with Crippen molar-refractivity contribution < 1.29 is 4.74 Å². The first kappa shape index (κ1) is 13.6. The summed E-state index contributed by atoms with van der Waals surface area (Å²) in [6.07, 6.45) is 8.95. The van der Waals surface area contributed by atoms with Crippen LogP contribution in [0, 0.1) is 0 Å². The fourth-order valence-electron chi connectivity index (χ4n) is 2.55. The first-order valence-electron chi connectivity index (χ1n) is 7.16. The third-order valence-corrected chi connectivity index (χ3v) is 3.73. The first-order chi connectivity index (χ1) is 8.81. The summed E-state index contributed by atoms with van der Waals surface area (Å²) in [5.41, 5.74) is 0. The van der Waals surface area contributed by atoms with E-state index in [4.69, 9.17) is 4.74 Å². The standard InChI is InChI=1S/C14H25N3O/c1-3-14-16-8-10-17(14)9-5-4-7-15-13-6-11-18-12(13)2/h8,10,12-13,15H,3-7,9,11H2,1-2H3. The number of hydrogen-bond acceptors (Lipinski definition) is 3. The number of hydrogen-bond donors (Lipinski definition) is 1. The monoisotopic (exact) mass is 251 g/mol. The Kier molecular flexibility index (Phi) is 5.20. The molecule has 4 nitrogen and oxygen atoms in total. The molecule has 2 rings (SSSR count). The van der Waals surface area contributed by atoms with Crippen molar-refractivity contribution in [3.63, 3.8) is 0 Å². The molecule has 1 saturated heterocycles. The van der Waals surface area contributed by atoms with Crippen molar-refractivity contribution in [1.82, 2.24) is 14.9 Å². The molecule has 1 aliphatic rings. The van der Waals surface area contributed by atoms with Gasteiger partial charge in [-0.05, 0) is 32.7 Å². The highest BCUT2D eigenvalue weighted by atomic mass is 16.5.